The fourth-order valence-electron chi connectivity index (χ4n) is 5.86. The van der Waals surface area contributed by atoms with E-state index < -0.39 is 5.41 Å². The number of benzene rings is 2. The summed E-state index contributed by atoms with van der Waals surface area (Å²) in [6.07, 6.45) is 4.39. The maximum absolute atomic E-state index is 13.8. The molecule has 2 amide bonds. The molecule has 0 radical (unpaired) electrons. The first-order chi connectivity index (χ1) is 16.9. The molecule has 0 aliphatic carbocycles. The third kappa shape index (κ3) is 4.54. The van der Waals surface area contributed by atoms with Gasteiger partial charge < -0.3 is 9.80 Å². The van der Waals surface area contributed by atoms with Crippen LogP contribution in [0.25, 0.3) is 10.8 Å². The Bertz CT molecular complexity index is 1240. The number of carbonyl (C=O) groups is 2. The first-order valence-electron chi connectivity index (χ1n) is 12.5. The lowest BCUT2D eigenvalue weighted by molar-refractivity contribution is -0.139. The molecule has 35 heavy (non-hydrogen) atoms. The molecule has 2 aliphatic heterocycles. The Morgan fingerprint density at radius 2 is 1.89 bits per heavy atom. The molecular weight excluding hydrogens is 441 g/mol. The molecule has 1 atom stereocenters. The topological polar surface area (TPSA) is 53.5 Å². The number of nitrogens with zero attached hydrogens (tertiary/aromatic N) is 3. The van der Waals surface area contributed by atoms with E-state index in [0.717, 1.165) is 22.8 Å². The maximum Gasteiger partial charge on any atom is 0.273 e. The number of hydrogen-bond acceptors (Lipinski definition) is 3. The van der Waals surface area contributed by atoms with Crippen LogP contribution in [0, 0.1) is 17.2 Å². The highest BCUT2D eigenvalue weighted by molar-refractivity contribution is 6.05. The molecule has 1 unspecified atom stereocenters. The van der Waals surface area contributed by atoms with Crippen LogP contribution in [0.2, 0.25) is 0 Å². The van der Waals surface area contributed by atoms with Crippen molar-refractivity contribution in [1.82, 2.24) is 14.8 Å². The van der Waals surface area contributed by atoms with Crippen LogP contribution in [-0.4, -0.2) is 52.3 Å². The lowest BCUT2D eigenvalue weighted by atomic mass is 9.75. The first kappa shape index (κ1) is 23.5. The Morgan fingerprint density at radius 1 is 1.11 bits per heavy atom. The van der Waals surface area contributed by atoms with Crippen LogP contribution in [0.15, 0.2) is 60.8 Å². The fraction of sp³-hybridized carbons (Fsp3) is 0.414. The zero-order valence-corrected chi connectivity index (χ0v) is 20.4. The van der Waals surface area contributed by atoms with Crippen molar-refractivity contribution in [3.8, 4) is 0 Å². The fourth-order valence-corrected chi connectivity index (χ4v) is 5.86. The van der Waals surface area contributed by atoms with E-state index in [9.17, 15) is 14.0 Å². The first-order valence-corrected chi connectivity index (χ1v) is 12.5. The highest BCUT2D eigenvalue weighted by Crippen LogP contribution is 2.45. The number of amides is 2. The van der Waals surface area contributed by atoms with Crippen LogP contribution in [0.1, 0.15) is 49.2 Å². The van der Waals surface area contributed by atoms with Crippen molar-refractivity contribution in [1.29, 1.82) is 0 Å². The highest BCUT2D eigenvalue weighted by Gasteiger charge is 2.52. The number of piperidine rings is 1. The Morgan fingerprint density at radius 3 is 2.63 bits per heavy atom. The number of likely N-dealkylation sites (tertiary alicyclic amines) is 2. The number of rotatable bonds is 5. The molecular formula is C29H32FN3O2. The van der Waals surface area contributed by atoms with E-state index in [1.54, 1.807) is 18.3 Å². The lowest BCUT2D eigenvalue weighted by Crippen LogP contribution is -2.47. The van der Waals surface area contributed by atoms with Crippen LogP contribution in [-0.2, 0) is 11.2 Å². The monoisotopic (exact) mass is 473 g/mol. The van der Waals surface area contributed by atoms with Gasteiger partial charge in [-0.15, -0.1) is 0 Å². The summed E-state index contributed by atoms with van der Waals surface area (Å²) < 4.78 is 13.8. The van der Waals surface area contributed by atoms with Crippen LogP contribution in [0.4, 0.5) is 4.39 Å². The molecule has 2 saturated heterocycles. The van der Waals surface area contributed by atoms with E-state index in [-0.39, 0.29) is 23.7 Å². The van der Waals surface area contributed by atoms with Crippen molar-refractivity contribution in [2.45, 2.75) is 45.6 Å². The summed E-state index contributed by atoms with van der Waals surface area (Å²) in [5, 5.41) is 1.85. The summed E-state index contributed by atoms with van der Waals surface area (Å²) in [5.41, 5.74) is 0.945. The van der Waals surface area contributed by atoms with Crippen molar-refractivity contribution < 1.29 is 14.0 Å². The van der Waals surface area contributed by atoms with Gasteiger partial charge in [-0.25, -0.2) is 4.39 Å². The zero-order valence-electron chi connectivity index (χ0n) is 20.4. The maximum atomic E-state index is 13.8. The van der Waals surface area contributed by atoms with E-state index in [0.29, 0.717) is 50.5 Å². The third-order valence-corrected chi connectivity index (χ3v) is 7.59. The van der Waals surface area contributed by atoms with E-state index in [4.69, 9.17) is 0 Å². The molecule has 0 bridgehead atoms. The highest BCUT2D eigenvalue weighted by atomic mass is 19.1. The molecule has 5 nitrogen and oxygen atoms in total. The van der Waals surface area contributed by atoms with Gasteiger partial charge >= 0.3 is 0 Å². The van der Waals surface area contributed by atoms with Crippen molar-refractivity contribution >= 4 is 22.6 Å². The van der Waals surface area contributed by atoms with E-state index in [1.165, 1.54) is 6.07 Å². The van der Waals surface area contributed by atoms with Gasteiger partial charge in [-0.1, -0.05) is 50.2 Å². The largest absolute Gasteiger partial charge is 0.339 e. The van der Waals surface area contributed by atoms with Gasteiger partial charge in [0, 0.05) is 37.3 Å². The molecule has 182 valence electrons. The Hall–Kier alpha value is -3.28. The van der Waals surface area contributed by atoms with Crippen LogP contribution in [0.5, 0.6) is 0 Å². The predicted molar refractivity (Wildman–Crippen MR) is 134 cm³/mol. The summed E-state index contributed by atoms with van der Waals surface area (Å²) in [7, 11) is 0. The molecule has 0 saturated carbocycles. The average Bonchev–Trinajstić information content (AvgIpc) is 3.08. The van der Waals surface area contributed by atoms with Gasteiger partial charge in [0.15, 0.2) is 0 Å². The Kier molecular flexibility index (Phi) is 6.30. The van der Waals surface area contributed by atoms with Crippen molar-refractivity contribution in [3.63, 3.8) is 0 Å². The van der Waals surface area contributed by atoms with Crippen LogP contribution < -0.4 is 0 Å². The minimum atomic E-state index is -0.449. The number of halogens is 1. The molecule has 5 rings (SSSR count). The predicted octanol–water partition coefficient (Wildman–Crippen LogP) is 5.10. The number of carbonyl (C=O) groups excluding carboxylic acids is 2. The summed E-state index contributed by atoms with van der Waals surface area (Å²) in [4.78, 5) is 35.4. The van der Waals surface area contributed by atoms with Crippen LogP contribution >= 0.6 is 0 Å². The Balaban J connectivity index is 1.34. The summed E-state index contributed by atoms with van der Waals surface area (Å²) in [5.74, 6) is 0.231. The molecule has 2 aliphatic rings. The second-order valence-electron chi connectivity index (χ2n) is 10.5. The van der Waals surface area contributed by atoms with Gasteiger partial charge in [-0.2, -0.15) is 0 Å². The quantitative estimate of drug-likeness (QED) is 0.518. The molecule has 3 heterocycles. The van der Waals surface area contributed by atoms with Crippen LogP contribution in [0.3, 0.4) is 0 Å². The summed E-state index contributed by atoms with van der Waals surface area (Å²) in [6.45, 7) is 6.02. The normalized spacial score (nSPS) is 19.8. The molecule has 2 fully saturated rings. The van der Waals surface area contributed by atoms with E-state index in [2.05, 4.69) is 18.8 Å². The number of fused-ring (bicyclic) bond motifs is 1. The number of aromatic nitrogens is 1. The van der Waals surface area contributed by atoms with Crippen molar-refractivity contribution in [2.24, 2.45) is 11.3 Å². The minimum Gasteiger partial charge on any atom is -0.339 e. The molecule has 2 aromatic carbocycles. The molecule has 1 aromatic heterocycles. The lowest BCUT2D eigenvalue weighted by Gasteiger charge is -2.38. The minimum absolute atomic E-state index is 0.0497. The second kappa shape index (κ2) is 9.40. The molecule has 3 aromatic rings. The second-order valence-corrected chi connectivity index (χ2v) is 10.5. The summed E-state index contributed by atoms with van der Waals surface area (Å²) in [6, 6.07) is 16.4. The van der Waals surface area contributed by atoms with Gasteiger partial charge in [-0.05, 0) is 60.7 Å². The van der Waals surface area contributed by atoms with E-state index >= 15 is 0 Å². The third-order valence-electron chi connectivity index (χ3n) is 7.59. The summed E-state index contributed by atoms with van der Waals surface area (Å²) >= 11 is 0. The zero-order chi connectivity index (χ0) is 24.6. The van der Waals surface area contributed by atoms with Gasteiger partial charge in [-0.3, -0.25) is 14.6 Å². The average molecular weight is 474 g/mol. The van der Waals surface area contributed by atoms with E-state index in [1.807, 2.05) is 46.2 Å². The van der Waals surface area contributed by atoms with Gasteiger partial charge in [0.2, 0.25) is 5.91 Å². The van der Waals surface area contributed by atoms with Crippen molar-refractivity contribution in [2.75, 3.05) is 19.6 Å². The van der Waals surface area contributed by atoms with Crippen molar-refractivity contribution in [3.05, 3.63) is 77.9 Å². The number of hydrogen-bond donors (Lipinski definition) is 0. The molecule has 0 N–H and O–H groups in total. The SMILES string of the molecule is CC(C)CN1C(=O)C2(CCN(C(=O)c3nccc4ccccc34)CC2)CC1Cc1cccc(F)c1. The standard InChI is InChI=1S/C29H32FN3O2/c1-20(2)19-33-24(17-21-6-5-8-23(30)16-21)18-29(28(33)35)11-14-32(15-12-29)27(34)26-25-9-4-3-7-22(25)10-13-31-26/h3-10,13,16,20,24H,11-12,14-15,17-19H2,1-2H3. The van der Waals surface area contributed by atoms with Gasteiger partial charge in [0.1, 0.15) is 11.5 Å². The Labute approximate surface area is 205 Å². The number of pyridine rings is 1. The van der Waals surface area contributed by atoms with Gasteiger partial charge in [0.25, 0.3) is 5.91 Å². The molecule has 1 spiro atoms. The van der Waals surface area contributed by atoms with Gasteiger partial charge in [0.05, 0.1) is 5.41 Å². The molecule has 6 heteroatoms. The smallest absolute Gasteiger partial charge is 0.273 e.